The molecule has 1 saturated carbocycles. The highest BCUT2D eigenvalue weighted by Gasteiger charge is 2.36. The van der Waals surface area contributed by atoms with E-state index in [2.05, 4.69) is 19.9 Å². The van der Waals surface area contributed by atoms with Crippen LogP contribution < -0.4 is 14.5 Å². The van der Waals surface area contributed by atoms with Crippen molar-refractivity contribution in [1.29, 1.82) is 0 Å². The number of anilines is 2. The Morgan fingerprint density at radius 3 is 2.52 bits per heavy atom. The van der Waals surface area contributed by atoms with Gasteiger partial charge in [0.1, 0.15) is 17.8 Å². The first kappa shape index (κ1) is 26.1. The highest BCUT2D eigenvalue weighted by atomic mass is 19.4. The lowest BCUT2D eigenvalue weighted by Crippen LogP contribution is -2.31. The summed E-state index contributed by atoms with van der Waals surface area (Å²) in [6, 6.07) is 5.82. The number of imidazole rings is 1. The summed E-state index contributed by atoms with van der Waals surface area (Å²) in [4.78, 5) is 17.1. The number of benzene rings is 1. The van der Waals surface area contributed by atoms with Crippen molar-refractivity contribution in [3.63, 3.8) is 0 Å². The quantitative estimate of drug-likeness (QED) is 0.340. The van der Waals surface area contributed by atoms with E-state index in [1.165, 1.54) is 4.57 Å². The predicted octanol–water partition coefficient (Wildman–Crippen LogP) is 4.81. The molecule has 1 aliphatic heterocycles. The van der Waals surface area contributed by atoms with Crippen LogP contribution >= 0.6 is 0 Å². The number of nitrogens with zero attached hydrogens (tertiary/aromatic N) is 8. The lowest BCUT2D eigenvalue weighted by atomic mass is 9.98. The minimum atomic E-state index is -4.51. The fourth-order valence-electron chi connectivity index (χ4n) is 5.57. The minimum Gasteiger partial charge on any atom is -0.480 e. The van der Waals surface area contributed by atoms with E-state index >= 15 is 0 Å². The molecule has 9 nitrogen and oxygen atoms in total. The van der Waals surface area contributed by atoms with Crippen LogP contribution in [0.5, 0.6) is 5.88 Å². The largest absolute Gasteiger partial charge is 0.480 e. The molecule has 4 heterocycles. The highest BCUT2D eigenvalue weighted by Crippen LogP contribution is 2.47. The van der Waals surface area contributed by atoms with Crippen LogP contribution in [0.1, 0.15) is 41.4 Å². The molecule has 40 heavy (non-hydrogen) atoms. The van der Waals surface area contributed by atoms with Crippen molar-refractivity contribution in [3.05, 3.63) is 53.4 Å². The van der Waals surface area contributed by atoms with Crippen molar-refractivity contribution >= 4 is 11.4 Å². The molecule has 12 heteroatoms. The molecule has 0 unspecified atom stereocenters. The van der Waals surface area contributed by atoms with Crippen LogP contribution in [0.4, 0.5) is 24.5 Å². The van der Waals surface area contributed by atoms with Gasteiger partial charge < -0.3 is 19.1 Å². The van der Waals surface area contributed by atoms with Gasteiger partial charge in [0, 0.05) is 88.0 Å². The van der Waals surface area contributed by atoms with Gasteiger partial charge in [0.25, 0.3) is 0 Å². The number of halogens is 3. The van der Waals surface area contributed by atoms with E-state index in [1.54, 1.807) is 20.5 Å². The third-order valence-electron chi connectivity index (χ3n) is 7.71. The van der Waals surface area contributed by atoms with Crippen molar-refractivity contribution in [2.45, 2.75) is 37.9 Å². The van der Waals surface area contributed by atoms with Crippen molar-refractivity contribution in [1.82, 2.24) is 29.3 Å². The molecule has 0 bridgehead atoms. The second-order valence-corrected chi connectivity index (χ2v) is 10.6. The van der Waals surface area contributed by atoms with Gasteiger partial charge in [-0.15, -0.1) is 0 Å². The van der Waals surface area contributed by atoms with Crippen molar-refractivity contribution in [2.75, 3.05) is 37.5 Å². The molecule has 0 atom stereocenters. The number of aromatic nitrogens is 6. The maximum atomic E-state index is 13.3. The molecule has 6 rings (SSSR count). The van der Waals surface area contributed by atoms with Gasteiger partial charge in [-0.1, -0.05) is 0 Å². The predicted molar refractivity (Wildman–Crippen MR) is 145 cm³/mol. The second kappa shape index (κ2) is 9.53. The molecular weight excluding hydrogens is 521 g/mol. The molecule has 1 aromatic carbocycles. The molecule has 210 valence electrons. The van der Waals surface area contributed by atoms with Crippen molar-refractivity contribution in [2.24, 2.45) is 14.1 Å². The molecule has 1 aliphatic carbocycles. The number of methoxy groups -OCH3 is 1. The Hall–Kier alpha value is -4.09. The maximum Gasteiger partial charge on any atom is 0.434 e. The number of rotatable bonds is 6. The first-order valence-corrected chi connectivity index (χ1v) is 13.2. The third-order valence-corrected chi connectivity index (χ3v) is 7.71. The summed E-state index contributed by atoms with van der Waals surface area (Å²) in [7, 11) is 8.92. The lowest BCUT2D eigenvalue weighted by molar-refractivity contribution is -0.140. The fourth-order valence-corrected chi connectivity index (χ4v) is 5.57. The fraction of sp³-hybridized carbons (Fsp3) is 0.429. The van der Waals surface area contributed by atoms with Gasteiger partial charge in [0.05, 0.1) is 18.4 Å². The van der Waals surface area contributed by atoms with Crippen LogP contribution in [-0.4, -0.2) is 57.0 Å². The number of aryl methyl sites for hydroxylation is 2. The van der Waals surface area contributed by atoms with Crippen molar-refractivity contribution < 1.29 is 17.9 Å². The van der Waals surface area contributed by atoms with Gasteiger partial charge in [-0.3, -0.25) is 4.68 Å². The van der Waals surface area contributed by atoms with Gasteiger partial charge in [-0.05, 0) is 31.0 Å². The normalized spacial score (nSPS) is 15.3. The van der Waals surface area contributed by atoms with E-state index in [9.17, 15) is 13.2 Å². The molecule has 4 aromatic rings. The standard InChI is InChI=1S/C28H31F3N8O/c1-36(2)21-12-17(8-9-18(21)26-34-22(14-37(26)3)28(29,30)31)39-11-10-20-19(13-39)25(35-38(20)4)23-24(16-6-7-16)32-15-33-27(23)40-5/h8-9,12,14-16H,6-7,10-11,13H2,1-5H3. The average Bonchev–Trinajstić information content (AvgIpc) is 3.62. The molecule has 0 radical (unpaired) electrons. The average molecular weight is 553 g/mol. The topological polar surface area (TPSA) is 77.1 Å². The Morgan fingerprint density at radius 1 is 1.10 bits per heavy atom. The number of hydrogen-bond acceptors (Lipinski definition) is 7. The Kier molecular flexibility index (Phi) is 6.23. The van der Waals surface area contributed by atoms with E-state index in [4.69, 9.17) is 9.84 Å². The SMILES string of the molecule is COc1ncnc(C2CC2)c1-c1nn(C)c2c1CN(c1ccc(-c3nc(C(F)(F)F)cn3C)c(N(C)C)c1)CC2. The number of fused-ring (bicyclic) bond motifs is 1. The van der Waals surface area contributed by atoms with Crippen molar-refractivity contribution in [3.8, 4) is 28.5 Å². The summed E-state index contributed by atoms with van der Waals surface area (Å²) in [6.07, 6.45) is 1.05. The zero-order chi connectivity index (χ0) is 28.3. The Labute approximate surface area is 230 Å². The number of ether oxygens (including phenoxy) is 1. The summed E-state index contributed by atoms with van der Waals surface area (Å²) in [5, 5.41) is 4.92. The van der Waals surface area contributed by atoms with E-state index in [0.717, 1.165) is 71.6 Å². The molecule has 0 saturated heterocycles. The van der Waals surface area contributed by atoms with Crippen LogP contribution in [-0.2, 0) is 33.2 Å². The Morgan fingerprint density at radius 2 is 1.88 bits per heavy atom. The molecular formula is C28H31F3N8O. The van der Waals surface area contributed by atoms with Crippen LogP contribution in [0.2, 0.25) is 0 Å². The summed E-state index contributed by atoms with van der Waals surface area (Å²) < 4.78 is 49.1. The third kappa shape index (κ3) is 4.44. The monoisotopic (exact) mass is 552 g/mol. The van der Waals surface area contributed by atoms with Gasteiger partial charge in [0.2, 0.25) is 5.88 Å². The number of hydrogen-bond donors (Lipinski definition) is 0. The summed E-state index contributed by atoms with van der Waals surface area (Å²) >= 11 is 0. The van der Waals surface area contributed by atoms with E-state index in [1.807, 2.05) is 48.9 Å². The second-order valence-electron chi connectivity index (χ2n) is 10.6. The number of alkyl halides is 3. The van der Waals surface area contributed by atoms with Crippen LogP contribution in [0, 0.1) is 0 Å². The molecule has 2 aliphatic rings. The van der Waals surface area contributed by atoms with Gasteiger partial charge in [0.15, 0.2) is 5.69 Å². The first-order chi connectivity index (χ1) is 19.1. The molecule has 0 spiro atoms. The smallest absolute Gasteiger partial charge is 0.434 e. The molecule has 0 N–H and O–H groups in total. The van der Waals surface area contributed by atoms with E-state index < -0.39 is 11.9 Å². The highest BCUT2D eigenvalue weighted by molar-refractivity contribution is 5.79. The van der Waals surface area contributed by atoms with Gasteiger partial charge >= 0.3 is 6.18 Å². The van der Waals surface area contributed by atoms with E-state index in [-0.39, 0.29) is 5.82 Å². The van der Waals surface area contributed by atoms with Gasteiger partial charge in [-0.2, -0.15) is 18.3 Å². The lowest BCUT2D eigenvalue weighted by Gasteiger charge is -2.31. The summed E-state index contributed by atoms with van der Waals surface area (Å²) in [5.74, 6) is 1.19. The zero-order valence-electron chi connectivity index (χ0n) is 23.1. The van der Waals surface area contributed by atoms with E-state index in [0.29, 0.717) is 23.9 Å². The first-order valence-electron chi connectivity index (χ1n) is 13.2. The van der Waals surface area contributed by atoms with Crippen LogP contribution in [0.15, 0.2) is 30.7 Å². The molecule has 3 aromatic heterocycles. The molecule has 0 amide bonds. The maximum absolute atomic E-state index is 13.3. The van der Waals surface area contributed by atoms with Crippen LogP contribution in [0.3, 0.4) is 0 Å². The Bertz CT molecular complexity index is 1590. The Balaban J connectivity index is 1.39. The van der Waals surface area contributed by atoms with Gasteiger partial charge in [-0.25, -0.2) is 15.0 Å². The zero-order valence-corrected chi connectivity index (χ0v) is 23.1. The molecule has 1 fully saturated rings. The minimum absolute atomic E-state index is 0.266. The summed E-state index contributed by atoms with van der Waals surface area (Å²) in [5.41, 5.74) is 6.45. The summed E-state index contributed by atoms with van der Waals surface area (Å²) in [6.45, 7) is 1.39. The van der Waals surface area contributed by atoms with Crippen LogP contribution in [0.25, 0.3) is 22.6 Å².